The van der Waals surface area contributed by atoms with Gasteiger partial charge >= 0.3 is 0 Å². The molecule has 0 aliphatic carbocycles. The average Bonchev–Trinajstić information content (AvgIpc) is 2.50. The lowest BCUT2D eigenvalue weighted by Crippen LogP contribution is -2.52. The van der Waals surface area contributed by atoms with E-state index in [2.05, 4.69) is 34.2 Å². The molecular formula is C15H20N4O2. The van der Waals surface area contributed by atoms with Gasteiger partial charge in [-0.05, 0) is 19.2 Å². The van der Waals surface area contributed by atoms with Crippen LogP contribution < -0.4 is 5.43 Å². The third kappa shape index (κ3) is 4.83. The van der Waals surface area contributed by atoms with Gasteiger partial charge in [-0.2, -0.15) is 0 Å². The summed E-state index contributed by atoms with van der Waals surface area (Å²) in [6.07, 6.45) is 2.01. The number of aliphatic hydroxyl groups is 1. The van der Waals surface area contributed by atoms with Gasteiger partial charge in [-0.3, -0.25) is 10.2 Å². The number of aliphatic hydroxyl groups excluding tert-OH is 1. The summed E-state index contributed by atoms with van der Waals surface area (Å²) in [4.78, 5) is 18.4. The predicted molar refractivity (Wildman–Crippen MR) is 79.4 cm³/mol. The Hall–Kier alpha value is -1.94. The molecule has 0 atom stereocenters. The van der Waals surface area contributed by atoms with Gasteiger partial charge in [-0.15, -0.1) is 0 Å². The number of piperazine rings is 1. The Morgan fingerprint density at radius 2 is 2.14 bits per heavy atom. The number of pyridine rings is 1. The Balaban J connectivity index is 1.89. The van der Waals surface area contributed by atoms with Crippen LogP contribution in [-0.4, -0.2) is 65.7 Å². The summed E-state index contributed by atoms with van der Waals surface area (Å²) in [7, 11) is 2.07. The van der Waals surface area contributed by atoms with E-state index in [-0.39, 0.29) is 12.5 Å². The fraction of sp³-hybridized carbons (Fsp3) is 0.467. The number of likely N-dealkylation sites (N-methyl/N-ethyl adjacent to an activating group) is 1. The summed E-state index contributed by atoms with van der Waals surface area (Å²) in [5, 5.41) is 10.6. The van der Waals surface area contributed by atoms with Crippen molar-refractivity contribution in [1.82, 2.24) is 20.3 Å². The second-order valence-electron chi connectivity index (χ2n) is 4.94. The fourth-order valence-corrected chi connectivity index (χ4v) is 1.94. The van der Waals surface area contributed by atoms with E-state index in [1.54, 1.807) is 18.3 Å². The number of amides is 1. The van der Waals surface area contributed by atoms with E-state index in [1.807, 2.05) is 5.01 Å². The standard InChI is InChI=1S/C15H20N4O2/c1-18-7-9-19(10-8-18)17-15(21)14-6-5-13(12-16-14)4-2-3-11-20/h5-6,12,20H,3,7-11H2,1H3,(H,17,21). The Kier molecular flexibility index (Phi) is 5.69. The zero-order chi connectivity index (χ0) is 15.1. The van der Waals surface area contributed by atoms with Crippen molar-refractivity contribution in [2.24, 2.45) is 0 Å². The molecule has 0 saturated carbocycles. The van der Waals surface area contributed by atoms with Gasteiger partial charge in [-0.25, -0.2) is 9.99 Å². The van der Waals surface area contributed by atoms with Crippen molar-refractivity contribution in [2.75, 3.05) is 39.8 Å². The van der Waals surface area contributed by atoms with E-state index in [1.165, 1.54) is 0 Å². The van der Waals surface area contributed by atoms with Crippen LogP contribution in [0, 0.1) is 11.8 Å². The van der Waals surface area contributed by atoms with Gasteiger partial charge in [0.25, 0.3) is 5.91 Å². The first kappa shape index (κ1) is 15.4. The number of carbonyl (C=O) groups is 1. The monoisotopic (exact) mass is 288 g/mol. The summed E-state index contributed by atoms with van der Waals surface area (Å²) in [6, 6.07) is 3.42. The molecular weight excluding hydrogens is 268 g/mol. The molecule has 1 aliphatic heterocycles. The highest BCUT2D eigenvalue weighted by molar-refractivity contribution is 5.91. The average molecular weight is 288 g/mol. The minimum Gasteiger partial charge on any atom is -0.395 e. The van der Waals surface area contributed by atoms with Crippen LogP contribution in [0.15, 0.2) is 18.3 Å². The summed E-state index contributed by atoms with van der Waals surface area (Å²) in [5.41, 5.74) is 3.98. The largest absolute Gasteiger partial charge is 0.395 e. The maximum atomic E-state index is 12.1. The predicted octanol–water partition coefficient (Wildman–Crippen LogP) is -0.292. The fourth-order valence-electron chi connectivity index (χ4n) is 1.94. The third-order valence-electron chi connectivity index (χ3n) is 3.23. The Morgan fingerprint density at radius 1 is 1.38 bits per heavy atom. The molecule has 1 saturated heterocycles. The molecule has 6 heteroatoms. The zero-order valence-corrected chi connectivity index (χ0v) is 12.2. The topological polar surface area (TPSA) is 68.7 Å². The number of carbonyl (C=O) groups excluding carboxylic acids is 1. The van der Waals surface area contributed by atoms with Crippen molar-refractivity contribution in [1.29, 1.82) is 0 Å². The van der Waals surface area contributed by atoms with Crippen LogP contribution in [0.1, 0.15) is 22.5 Å². The maximum Gasteiger partial charge on any atom is 0.284 e. The van der Waals surface area contributed by atoms with Gasteiger partial charge in [0.05, 0.1) is 6.61 Å². The summed E-state index contributed by atoms with van der Waals surface area (Å²) >= 11 is 0. The van der Waals surface area contributed by atoms with Crippen molar-refractivity contribution < 1.29 is 9.90 Å². The zero-order valence-electron chi connectivity index (χ0n) is 12.2. The molecule has 0 spiro atoms. The van der Waals surface area contributed by atoms with Crippen LogP contribution in [-0.2, 0) is 0 Å². The normalized spacial score (nSPS) is 16.1. The minimum atomic E-state index is -0.200. The molecule has 2 N–H and O–H groups in total. The molecule has 1 amide bonds. The van der Waals surface area contributed by atoms with Crippen LogP contribution in [0.25, 0.3) is 0 Å². The van der Waals surface area contributed by atoms with E-state index in [9.17, 15) is 4.79 Å². The highest BCUT2D eigenvalue weighted by atomic mass is 16.2. The van der Waals surface area contributed by atoms with Crippen LogP contribution in [0.2, 0.25) is 0 Å². The molecule has 0 aromatic carbocycles. The minimum absolute atomic E-state index is 0.0476. The smallest absolute Gasteiger partial charge is 0.284 e. The molecule has 6 nitrogen and oxygen atoms in total. The molecule has 1 aromatic rings. The van der Waals surface area contributed by atoms with Crippen LogP contribution in [0.3, 0.4) is 0 Å². The Morgan fingerprint density at radius 3 is 2.76 bits per heavy atom. The van der Waals surface area contributed by atoms with Gasteiger partial charge in [0.2, 0.25) is 0 Å². The first-order valence-corrected chi connectivity index (χ1v) is 6.99. The van der Waals surface area contributed by atoms with Crippen LogP contribution in [0.5, 0.6) is 0 Å². The second-order valence-corrected chi connectivity index (χ2v) is 4.94. The number of aromatic nitrogens is 1. The van der Waals surface area contributed by atoms with E-state index in [4.69, 9.17) is 5.11 Å². The third-order valence-corrected chi connectivity index (χ3v) is 3.23. The molecule has 1 aliphatic rings. The van der Waals surface area contributed by atoms with Crippen molar-refractivity contribution >= 4 is 5.91 Å². The lowest BCUT2D eigenvalue weighted by atomic mass is 10.2. The molecule has 2 heterocycles. The van der Waals surface area contributed by atoms with Crippen LogP contribution in [0.4, 0.5) is 0 Å². The molecule has 1 fully saturated rings. The SMILES string of the molecule is CN1CCN(NC(=O)c2ccc(C#CCCO)cn2)CC1. The lowest BCUT2D eigenvalue weighted by molar-refractivity contribution is 0.0657. The lowest BCUT2D eigenvalue weighted by Gasteiger charge is -2.32. The quantitative estimate of drug-likeness (QED) is 0.748. The summed E-state index contributed by atoms with van der Waals surface area (Å²) in [6.45, 7) is 3.55. The van der Waals surface area contributed by atoms with Crippen molar-refractivity contribution in [3.05, 3.63) is 29.6 Å². The molecule has 0 radical (unpaired) electrons. The number of nitrogens with one attached hydrogen (secondary N) is 1. The number of nitrogens with zero attached hydrogens (tertiary/aromatic N) is 3. The number of rotatable bonds is 3. The Labute approximate surface area is 124 Å². The second kappa shape index (κ2) is 7.74. The van der Waals surface area contributed by atoms with Gasteiger partial charge in [0.15, 0.2) is 0 Å². The number of hydrazine groups is 1. The number of hydrogen-bond donors (Lipinski definition) is 2. The van der Waals surface area contributed by atoms with Crippen molar-refractivity contribution in [3.8, 4) is 11.8 Å². The van der Waals surface area contributed by atoms with Gasteiger partial charge in [0.1, 0.15) is 5.69 Å². The van der Waals surface area contributed by atoms with E-state index < -0.39 is 0 Å². The first-order chi connectivity index (χ1) is 10.2. The molecule has 1 aromatic heterocycles. The van der Waals surface area contributed by atoms with Crippen molar-refractivity contribution in [3.63, 3.8) is 0 Å². The van der Waals surface area contributed by atoms with E-state index in [0.717, 1.165) is 31.7 Å². The first-order valence-electron chi connectivity index (χ1n) is 6.99. The summed E-state index contributed by atoms with van der Waals surface area (Å²) < 4.78 is 0. The molecule has 0 unspecified atom stereocenters. The van der Waals surface area contributed by atoms with E-state index in [0.29, 0.717) is 12.1 Å². The molecule has 21 heavy (non-hydrogen) atoms. The van der Waals surface area contributed by atoms with E-state index >= 15 is 0 Å². The van der Waals surface area contributed by atoms with Crippen molar-refractivity contribution in [2.45, 2.75) is 6.42 Å². The molecule has 0 bridgehead atoms. The van der Waals surface area contributed by atoms with Gasteiger partial charge in [-0.1, -0.05) is 11.8 Å². The molecule has 112 valence electrons. The Bertz CT molecular complexity index is 525. The molecule has 2 rings (SSSR count). The number of hydrogen-bond acceptors (Lipinski definition) is 5. The summed E-state index contributed by atoms with van der Waals surface area (Å²) in [5.74, 6) is 5.49. The maximum absolute atomic E-state index is 12.1. The van der Waals surface area contributed by atoms with Gasteiger partial charge in [0, 0.05) is 44.4 Å². The highest BCUT2D eigenvalue weighted by Gasteiger charge is 2.16. The highest BCUT2D eigenvalue weighted by Crippen LogP contribution is 2.01. The van der Waals surface area contributed by atoms with Gasteiger partial charge < -0.3 is 10.0 Å². The van der Waals surface area contributed by atoms with Crippen LogP contribution >= 0.6 is 0 Å².